The van der Waals surface area contributed by atoms with Crippen LogP contribution in [0.15, 0.2) is 28.0 Å². The third-order valence-electron chi connectivity index (χ3n) is 4.98. The van der Waals surface area contributed by atoms with E-state index >= 15 is 0 Å². The summed E-state index contributed by atoms with van der Waals surface area (Å²) in [6, 6.07) is 5.69. The number of thioether (sulfide) groups is 1. The topological polar surface area (TPSA) is 71.5 Å². The summed E-state index contributed by atoms with van der Waals surface area (Å²) in [5, 5.41) is 2.85. The number of nitrogens with one attached hydrogen (secondary N) is 1. The summed E-state index contributed by atoms with van der Waals surface area (Å²) in [7, 11) is 0. The molecule has 0 amide bonds. The lowest BCUT2D eigenvalue weighted by atomic mass is 10.1. The predicted octanol–water partition coefficient (Wildman–Crippen LogP) is 4.33. The first-order valence-electron chi connectivity index (χ1n) is 9.00. The molecule has 0 radical (unpaired) electrons. The maximum Gasteiger partial charge on any atom is 0.258 e. The van der Waals surface area contributed by atoms with E-state index in [1.807, 2.05) is 32.0 Å². The van der Waals surface area contributed by atoms with Crippen molar-refractivity contribution < 1.29 is 0 Å². The molecule has 0 saturated carbocycles. The molecule has 0 unspecified atom stereocenters. The number of aryl methyl sites for hydroxylation is 4. The average molecular weight is 395 g/mol. The van der Waals surface area contributed by atoms with Gasteiger partial charge in [-0.15, -0.1) is 11.3 Å². The Morgan fingerprint density at radius 3 is 2.96 bits per heavy atom. The molecule has 0 spiro atoms. The largest absolute Gasteiger partial charge is 0.309 e. The Bertz CT molecular complexity index is 1260. The Morgan fingerprint density at radius 1 is 1.19 bits per heavy atom. The Morgan fingerprint density at radius 2 is 2.07 bits per heavy atom. The van der Waals surface area contributed by atoms with E-state index in [2.05, 4.69) is 9.97 Å². The standard InChI is InChI=1S/C20H18N4OS2/c1-10-5-3-7-13-17(10)23-15(24-18(13)25)9-26-19-16-12-6-4-8-14(12)27-20(16)22-11(2)21-19/h3,5,7H,4,6,8-9H2,1-2H3,(H,23,24,25). The van der Waals surface area contributed by atoms with Crippen LogP contribution in [0.4, 0.5) is 0 Å². The van der Waals surface area contributed by atoms with Gasteiger partial charge in [0.15, 0.2) is 0 Å². The number of thiophene rings is 1. The van der Waals surface area contributed by atoms with Crippen molar-refractivity contribution in [2.75, 3.05) is 0 Å². The lowest BCUT2D eigenvalue weighted by Gasteiger charge is -2.07. The number of aromatic amines is 1. The van der Waals surface area contributed by atoms with Crippen molar-refractivity contribution in [1.82, 2.24) is 19.9 Å². The highest BCUT2D eigenvalue weighted by Crippen LogP contribution is 2.40. The maximum atomic E-state index is 12.4. The third kappa shape index (κ3) is 2.85. The van der Waals surface area contributed by atoms with E-state index in [0.717, 1.165) is 39.6 Å². The highest BCUT2D eigenvalue weighted by molar-refractivity contribution is 7.98. The van der Waals surface area contributed by atoms with Crippen molar-refractivity contribution in [3.63, 3.8) is 0 Å². The zero-order chi connectivity index (χ0) is 18.5. The predicted molar refractivity (Wildman–Crippen MR) is 111 cm³/mol. The van der Waals surface area contributed by atoms with Gasteiger partial charge >= 0.3 is 0 Å². The smallest absolute Gasteiger partial charge is 0.258 e. The summed E-state index contributed by atoms with van der Waals surface area (Å²) < 4.78 is 0. The molecule has 7 heteroatoms. The number of para-hydroxylation sites is 1. The second-order valence-corrected chi connectivity index (χ2v) is 8.93. The number of benzene rings is 1. The number of H-pyrrole nitrogens is 1. The zero-order valence-electron chi connectivity index (χ0n) is 15.1. The molecule has 27 heavy (non-hydrogen) atoms. The van der Waals surface area contributed by atoms with Crippen LogP contribution in [-0.4, -0.2) is 19.9 Å². The summed E-state index contributed by atoms with van der Waals surface area (Å²) in [6.45, 7) is 3.92. The van der Waals surface area contributed by atoms with Crippen molar-refractivity contribution in [3.05, 3.63) is 56.2 Å². The van der Waals surface area contributed by atoms with Crippen molar-refractivity contribution in [2.45, 2.75) is 43.9 Å². The third-order valence-corrected chi connectivity index (χ3v) is 7.15. The van der Waals surface area contributed by atoms with Crippen molar-refractivity contribution in [2.24, 2.45) is 0 Å². The first-order chi connectivity index (χ1) is 13.1. The monoisotopic (exact) mass is 394 g/mol. The maximum absolute atomic E-state index is 12.4. The number of rotatable bonds is 3. The molecule has 0 aliphatic heterocycles. The van der Waals surface area contributed by atoms with Crippen molar-refractivity contribution >= 4 is 44.2 Å². The molecule has 1 aliphatic rings. The minimum Gasteiger partial charge on any atom is -0.309 e. The van der Waals surface area contributed by atoms with E-state index in [0.29, 0.717) is 17.0 Å². The Balaban J connectivity index is 1.55. The molecule has 1 aliphatic carbocycles. The summed E-state index contributed by atoms with van der Waals surface area (Å²) >= 11 is 3.44. The summed E-state index contributed by atoms with van der Waals surface area (Å²) in [5.74, 6) is 2.05. The normalized spacial score (nSPS) is 13.6. The molecule has 3 aromatic heterocycles. The second kappa shape index (κ2) is 6.42. The number of fused-ring (bicyclic) bond motifs is 4. The minimum absolute atomic E-state index is 0.0836. The highest BCUT2D eigenvalue weighted by Gasteiger charge is 2.22. The van der Waals surface area contributed by atoms with Crippen LogP contribution >= 0.6 is 23.1 Å². The van der Waals surface area contributed by atoms with Crippen LogP contribution in [0, 0.1) is 13.8 Å². The highest BCUT2D eigenvalue weighted by atomic mass is 32.2. The van der Waals surface area contributed by atoms with Gasteiger partial charge in [-0.25, -0.2) is 15.0 Å². The van der Waals surface area contributed by atoms with Crippen LogP contribution in [0.1, 0.15) is 34.1 Å². The molecule has 0 saturated heterocycles. The van der Waals surface area contributed by atoms with Gasteiger partial charge in [-0.1, -0.05) is 23.9 Å². The molecule has 5 nitrogen and oxygen atoms in total. The molecule has 3 heterocycles. The SMILES string of the molecule is Cc1nc(SCc2nc3c(C)cccc3c(=O)[nH]2)c2c3c(sc2n1)CCC3. The zero-order valence-corrected chi connectivity index (χ0v) is 16.8. The molecule has 0 bridgehead atoms. The van der Waals surface area contributed by atoms with Gasteiger partial charge in [-0.3, -0.25) is 4.79 Å². The number of hydrogen-bond acceptors (Lipinski definition) is 6. The van der Waals surface area contributed by atoms with E-state index in [-0.39, 0.29) is 5.56 Å². The van der Waals surface area contributed by atoms with Gasteiger partial charge in [0.25, 0.3) is 5.56 Å². The quantitative estimate of drug-likeness (QED) is 0.414. The van der Waals surface area contributed by atoms with Gasteiger partial charge in [-0.05, 0) is 50.3 Å². The first kappa shape index (κ1) is 16.9. The summed E-state index contributed by atoms with van der Waals surface area (Å²) in [6.07, 6.45) is 3.48. The molecule has 4 aromatic rings. The van der Waals surface area contributed by atoms with Crippen LogP contribution in [0.2, 0.25) is 0 Å². The van der Waals surface area contributed by atoms with Crippen LogP contribution in [0.5, 0.6) is 0 Å². The molecule has 5 rings (SSSR count). The van der Waals surface area contributed by atoms with Gasteiger partial charge < -0.3 is 4.98 Å². The Labute approximate surface area is 164 Å². The van der Waals surface area contributed by atoms with Crippen LogP contribution in [0.3, 0.4) is 0 Å². The van der Waals surface area contributed by atoms with Crippen molar-refractivity contribution in [3.8, 4) is 0 Å². The van der Waals surface area contributed by atoms with E-state index < -0.39 is 0 Å². The van der Waals surface area contributed by atoms with E-state index in [9.17, 15) is 4.79 Å². The summed E-state index contributed by atoms with van der Waals surface area (Å²) in [4.78, 5) is 31.9. The van der Waals surface area contributed by atoms with E-state index in [4.69, 9.17) is 9.97 Å². The fourth-order valence-electron chi connectivity index (χ4n) is 3.73. The van der Waals surface area contributed by atoms with E-state index in [1.165, 1.54) is 22.2 Å². The van der Waals surface area contributed by atoms with Gasteiger partial charge in [0.1, 0.15) is 21.5 Å². The van der Waals surface area contributed by atoms with Crippen LogP contribution in [0.25, 0.3) is 21.1 Å². The van der Waals surface area contributed by atoms with Gasteiger partial charge in [0.05, 0.1) is 16.7 Å². The minimum atomic E-state index is -0.0836. The van der Waals surface area contributed by atoms with Crippen molar-refractivity contribution in [1.29, 1.82) is 0 Å². The second-order valence-electron chi connectivity index (χ2n) is 6.89. The van der Waals surface area contributed by atoms with Gasteiger partial charge in [0.2, 0.25) is 0 Å². The number of nitrogens with zero attached hydrogens (tertiary/aromatic N) is 3. The van der Waals surface area contributed by atoms with E-state index in [1.54, 1.807) is 23.1 Å². The molecular formula is C20H18N4OS2. The van der Waals surface area contributed by atoms with Crippen LogP contribution in [-0.2, 0) is 18.6 Å². The Hall–Kier alpha value is -2.25. The van der Waals surface area contributed by atoms with Gasteiger partial charge in [-0.2, -0.15) is 0 Å². The lowest BCUT2D eigenvalue weighted by Crippen LogP contribution is -2.12. The number of aromatic nitrogens is 4. The van der Waals surface area contributed by atoms with Crippen LogP contribution < -0.4 is 5.56 Å². The molecule has 1 N–H and O–H groups in total. The molecule has 0 atom stereocenters. The summed E-state index contributed by atoms with van der Waals surface area (Å²) in [5.41, 5.74) is 3.13. The first-order valence-corrected chi connectivity index (χ1v) is 10.8. The lowest BCUT2D eigenvalue weighted by molar-refractivity contribution is 0.914. The Kier molecular flexibility index (Phi) is 4.02. The molecule has 1 aromatic carbocycles. The molecule has 0 fully saturated rings. The molecular weight excluding hydrogens is 376 g/mol. The number of hydrogen-bond donors (Lipinski definition) is 1. The molecule has 136 valence electrons. The fraction of sp³-hybridized carbons (Fsp3) is 0.300. The fourth-order valence-corrected chi connectivity index (χ4v) is 6.07. The van der Waals surface area contributed by atoms with Gasteiger partial charge in [0, 0.05) is 10.3 Å². The average Bonchev–Trinajstić information content (AvgIpc) is 3.21.